The van der Waals surface area contributed by atoms with Crippen molar-refractivity contribution in [2.24, 2.45) is 0 Å². The minimum atomic E-state index is -0.448. The molecule has 2 heterocycles. The number of fused-ring (bicyclic) bond motifs is 1. The lowest BCUT2D eigenvalue weighted by Gasteiger charge is -2.26. The lowest BCUT2D eigenvalue weighted by atomic mass is 10.2. The number of hydrogen-bond donors (Lipinski definition) is 1. The molecule has 18 heavy (non-hydrogen) atoms. The summed E-state index contributed by atoms with van der Waals surface area (Å²) < 4.78 is 5.41. The van der Waals surface area contributed by atoms with E-state index in [1.807, 2.05) is 27.7 Å². The minimum Gasteiger partial charge on any atom is -0.444 e. The Kier molecular flexibility index (Phi) is 3.32. The molecule has 0 aromatic carbocycles. The SMILES string of the molecule is Cc1nc2c([nH]1)CN(C(=O)OC(C)(C)C)CCC2. The number of aromatic amines is 1. The quantitative estimate of drug-likeness (QED) is 0.770. The molecular formula is C13H21N3O2. The van der Waals surface area contributed by atoms with Crippen molar-refractivity contribution < 1.29 is 9.53 Å². The summed E-state index contributed by atoms with van der Waals surface area (Å²) in [5, 5.41) is 0. The zero-order chi connectivity index (χ0) is 13.3. The van der Waals surface area contributed by atoms with Gasteiger partial charge in [0.15, 0.2) is 0 Å². The van der Waals surface area contributed by atoms with Crippen LogP contribution in [0.15, 0.2) is 0 Å². The van der Waals surface area contributed by atoms with Crippen LogP contribution >= 0.6 is 0 Å². The summed E-state index contributed by atoms with van der Waals surface area (Å²) in [5.74, 6) is 0.908. The predicted octanol–water partition coefficient (Wildman–Crippen LogP) is 2.40. The lowest BCUT2D eigenvalue weighted by Crippen LogP contribution is -2.36. The molecule has 1 aromatic rings. The number of imidazole rings is 1. The molecule has 0 aliphatic carbocycles. The third-order valence-electron chi connectivity index (χ3n) is 2.83. The predicted molar refractivity (Wildman–Crippen MR) is 68.3 cm³/mol. The van der Waals surface area contributed by atoms with Crippen molar-refractivity contribution in [2.45, 2.75) is 52.7 Å². The van der Waals surface area contributed by atoms with Crippen LogP contribution in [-0.2, 0) is 17.7 Å². The van der Waals surface area contributed by atoms with Crippen LogP contribution in [0.5, 0.6) is 0 Å². The van der Waals surface area contributed by atoms with Gasteiger partial charge in [0.2, 0.25) is 0 Å². The van der Waals surface area contributed by atoms with E-state index in [-0.39, 0.29) is 6.09 Å². The van der Waals surface area contributed by atoms with E-state index in [0.717, 1.165) is 36.6 Å². The maximum absolute atomic E-state index is 12.1. The van der Waals surface area contributed by atoms with E-state index in [1.165, 1.54) is 0 Å². The van der Waals surface area contributed by atoms with Crippen molar-refractivity contribution >= 4 is 6.09 Å². The van der Waals surface area contributed by atoms with Crippen LogP contribution in [0.25, 0.3) is 0 Å². The normalized spacial score (nSPS) is 16.1. The van der Waals surface area contributed by atoms with Gasteiger partial charge in [0, 0.05) is 6.54 Å². The second-order valence-corrected chi connectivity index (χ2v) is 5.75. The number of rotatable bonds is 0. The first-order valence-electron chi connectivity index (χ1n) is 6.37. The molecule has 2 rings (SSSR count). The molecule has 0 atom stereocenters. The number of aromatic nitrogens is 2. The van der Waals surface area contributed by atoms with E-state index in [9.17, 15) is 4.79 Å². The van der Waals surface area contributed by atoms with Crippen molar-refractivity contribution in [1.29, 1.82) is 0 Å². The van der Waals surface area contributed by atoms with Gasteiger partial charge in [-0.15, -0.1) is 0 Å². The van der Waals surface area contributed by atoms with Crippen LogP contribution in [0.3, 0.4) is 0 Å². The van der Waals surface area contributed by atoms with Crippen molar-refractivity contribution in [2.75, 3.05) is 6.54 Å². The molecule has 100 valence electrons. The highest BCUT2D eigenvalue weighted by molar-refractivity contribution is 5.68. The molecule has 1 aliphatic rings. The molecule has 0 unspecified atom stereocenters. The highest BCUT2D eigenvalue weighted by Crippen LogP contribution is 2.19. The fourth-order valence-corrected chi connectivity index (χ4v) is 2.12. The molecule has 1 aliphatic heterocycles. The number of carbonyl (C=O) groups is 1. The summed E-state index contributed by atoms with van der Waals surface area (Å²) in [6.07, 6.45) is 1.60. The van der Waals surface area contributed by atoms with E-state index in [1.54, 1.807) is 4.90 Å². The van der Waals surface area contributed by atoms with Gasteiger partial charge >= 0.3 is 6.09 Å². The zero-order valence-electron chi connectivity index (χ0n) is 11.5. The summed E-state index contributed by atoms with van der Waals surface area (Å²) in [4.78, 5) is 21.5. The molecule has 1 amide bonds. The van der Waals surface area contributed by atoms with Gasteiger partial charge in [-0.25, -0.2) is 9.78 Å². The number of nitrogens with one attached hydrogen (secondary N) is 1. The maximum atomic E-state index is 12.1. The number of aryl methyl sites for hydroxylation is 2. The van der Waals surface area contributed by atoms with Crippen molar-refractivity contribution in [1.82, 2.24) is 14.9 Å². The van der Waals surface area contributed by atoms with E-state index in [0.29, 0.717) is 6.54 Å². The van der Waals surface area contributed by atoms with Crippen LogP contribution in [0.1, 0.15) is 44.4 Å². The monoisotopic (exact) mass is 251 g/mol. The van der Waals surface area contributed by atoms with Gasteiger partial charge in [-0.05, 0) is 40.5 Å². The first kappa shape index (κ1) is 12.9. The molecule has 0 spiro atoms. The molecule has 5 heteroatoms. The highest BCUT2D eigenvalue weighted by Gasteiger charge is 2.25. The van der Waals surface area contributed by atoms with E-state index in [2.05, 4.69) is 9.97 Å². The number of amides is 1. The number of ether oxygens (including phenoxy) is 1. The van der Waals surface area contributed by atoms with E-state index < -0.39 is 5.60 Å². The van der Waals surface area contributed by atoms with Gasteiger partial charge in [0.05, 0.1) is 17.9 Å². The Hall–Kier alpha value is -1.52. The zero-order valence-corrected chi connectivity index (χ0v) is 11.5. The largest absolute Gasteiger partial charge is 0.444 e. The molecule has 1 aromatic heterocycles. The smallest absolute Gasteiger partial charge is 0.410 e. The first-order valence-corrected chi connectivity index (χ1v) is 6.37. The molecule has 0 fully saturated rings. The molecule has 0 radical (unpaired) electrons. The van der Waals surface area contributed by atoms with Crippen LogP contribution < -0.4 is 0 Å². The third kappa shape index (κ3) is 3.03. The average molecular weight is 251 g/mol. The Balaban J connectivity index is 2.09. The average Bonchev–Trinajstić information content (AvgIpc) is 2.43. The van der Waals surface area contributed by atoms with Crippen LogP contribution in [-0.4, -0.2) is 33.1 Å². The number of hydrogen-bond acceptors (Lipinski definition) is 3. The minimum absolute atomic E-state index is 0.248. The van der Waals surface area contributed by atoms with E-state index >= 15 is 0 Å². The Morgan fingerprint density at radius 3 is 2.83 bits per heavy atom. The summed E-state index contributed by atoms with van der Waals surface area (Å²) in [6.45, 7) is 8.87. The van der Waals surface area contributed by atoms with Gasteiger partial charge in [-0.2, -0.15) is 0 Å². The Morgan fingerprint density at radius 1 is 1.44 bits per heavy atom. The van der Waals surface area contributed by atoms with Crippen molar-refractivity contribution in [3.8, 4) is 0 Å². The molecular weight excluding hydrogens is 230 g/mol. The fraction of sp³-hybridized carbons (Fsp3) is 0.692. The van der Waals surface area contributed by atoms with Gasteiger partial charge in [-0.3, -0.25) is 0 Å². The summed E-state index contributed by atoms with van der Waals surface area (Å²) in [7, 11) is 0. The van der Waals surface area contributed by atoms with Crippen LogP contribution in [0, 0.1) is 6.92 Å². The van der Waals surface area contributed by atoms with Gasteiger partial charge in [0.1, 0.15) is 11.4 Å². The number of nitrogens with zero attached hydrogens (tertiary/aromatic N) is 2. The molecule has 5 nitrogen and oxygen atoms in total. The first-order chi connectivity index (χ1) is 8.35. The maximum Gasteiger partial charge on any atom is 0.410 e. The second-order valence-electron chi connectivity index (χ2n) is 5.75. The van der Waals surface area contributed by atoms with Gasteiger partial charge in [0.25, 0.3) is 0 Å². The van der Waals surface area contributed by atoms with Crippen LogP contribution in [0.4, 0.5) is 4.79 Å². The standard InChI is InChI=1S/C13H21N3O2/c1-9-14-10-6-5-7-16(8-11(10)15-9)12(17)18-13(2,3)4/h5-8H2,1-4H3,(H,14,15). The second kappa shape index (κ2) is 4.63. The molecule has 1 N–H and O–H groups in total. The van der Waals surface area contributed by atoms with E-state index in [4.69, 9.17) is 4.74 Å². The summed E-state index contributed by atoms with van der Waals surface area (Å²) in [6, 6.07) is 0. The summed E-state index contributed by atoms with van der Waals surface area (Å²) in [5.41, 5.74) is 1.67. The Bertz CT molecular complexity index is 446. The van der Waals surface area contributed by atoms with Gasteiger partial charge in [-0.1, -0.05) is 0 Å². The Morgan fingerprint density at radius 2 is 2.17 bits per heavy atom. The topological polar surface area (TPSA) is 58.2 Å². The van der Waals surface area contributed by atoms with Gasteiger partial charge < -0.3 is 14.6 Å². The molecule has 0 bridgehead atoms. The van der Waals surface area contributed by atoms with Crippen LogP contribution in [0.2, 0.25) is 0 Å². The van der Waals surface area contributed by atoms with Crippen molar-refractivity contribution in [3.05, 3.63) is 17.2 Å². The third-order valence-corrected chi connectivity index (χ3v) is 2.83. The number of carbonyl (C=O) groups excluding carboxylic acids is 1. The Labute approximate surface area is 108 Å². The highest BCUT2D eigenvalue weighted by atomic mass is 16.6. The molecule has 0 saturated carbocycles. The van der Waals surface area contributed by atoms with Crippen molar-refractivity contribution in [3.63, 3.8) is 0 Å². The number of H-pyrrole nitrogens is 1. The fourth-order valence-electron chi connectivity index (χ4n) is 2.12. The molecule has 0 saturated heterocycles. The summed E-state index contributed by atoms with van der Waals surface area (Å²) >= 11 is 0. The lowest BCUT2D eigenvalue weighted by molar-refractivity contribution is 0.0235.